The monoisotopic (exact) mass is 697 g/mol. The number of alkyl halides is 3. The van der Waals surface area contributed by atoms with E-state index in [2.05, 4.69) is 14.9 Å². The summed E-state index contributed by atoms with van der Waals surface area (Å²) in [6, 6.07) is 2.27. The van der Waals surface area contributed by atoms with Crippen molar-refractivity contribution in [3.05, 3.63) is 57.0 Å². The van der Waals surface area contributed by atoms with Crippen molar-refractivity contribution in [1.29, 1.82) is 0 Å². The number of aromatic nitrogens is 4. The average Bonchev–Trinajstić information content (AvgIpc) is 3.69. The standard InChI is InChI=1S/C34H42F3N9O4/c1-19-25-16-44(9-6-12-46(25)42-28(19)31(48)43(2)3)30-23-17-49-26(21-13-20(38)14-22(29(39)47)27(21)34(35,36)37)15-24(23)40-32(41-30)50-18-33-7-4-10-45(33)11-5-8-33/h13-14,26H,4-12,15-18,38H2,1-3H3,(H2,39,47). The predicted molar refractivity (Wildman–Crippen MR) is 177 cm³/mol. The van der Waals surface area contributed by atoms with Crippen molar-refractivity contribution in [3.63, 3.8) is 0 Å². The molecule has 4 N–H and O–H groups in total. The Morgan fingerprint density at radius 1 is 1.10 bits per heavy atom. The molecule has 268 valence electrons. The van der Waals surface area contributed by atoms with Crippen LogP contribution in [0.5, 0.6) is 6.01 Å². The molecule has 50 heavy (non-hydrogen) atoms. The van der Waals surface area contributed by atoms with E-state index in [1.165, 1.54) is 11.0 Å². The Labute approximate surface area is 287 Å². The summed E-state index contributed by atoms with van der Waals surface area (Å²) in [6.45, 7) is 5.82. The van der Waals surface area contributed by atoms with Crippen molar-refractivity contribution < 1.29 is 32.2 Å². The van der Waals surface area contributed by atoms with Gasteiger partial charge in [0.05, 0.1) is 47.3 Å². The van der Waals surface area contributed by atoms with Crippen molar-refractivity contribution in [2.45, 2.75) is 83.0 Å². The summed E-state index contributed by atoms with van der Waals surface area (Å²) in [5.74, 6) is -0.858. The highest BCUT2D eigenvalue weighted by atomic mass is 19.4. The first-order chi connectivity index (χ1) is 23.8. The number of amides is 2. The summed E-state index contributed by atoms with van der Waals surface area (Å²) in [6.07, 6.45) is -1.15. The Hall–Kier alpha value is -4.44. The van der Waals surface area contributed by atoms with Crippen LogP contribution in [0.1, 0.15) is 92.7 Å². The number of nitrogens with two attached hydrogens (primary N) is 2. The number of halogens is 3. The van der Waals surface area contributed by atoms with Crippen LogP contribution in [0.4, 0.5) is 24.7 Å². The van der Waals surface area contributed by atoms with E-state index in [1.54, 1.807) is 14.1 Å². The number of carbonyl (C=O) groups excluding carboxylic acids is 2. The number of benzene rings is 1. The number of aryl methyl sites for hydroxylation is 1. The van der Waals surface area contributed by atoms with Crippen molar-refractivity contribution in [3.8, 4) is 6.01 Å². The third-order valence-corrected chi connectivity index (χ3v) is 10.6. The van der Waals surface area contributed by atoms with E-state index in [0.717, 1.165) is 56.1 Å². The van der Waals surface area contributed by atoms with Gasteiger partial charge in [0, 0.05) is 50.4 Å². The van der Waals surface area contributed by atoms with Gasteiger partial charge in [-0.1, -0.05) is 0 Å². The minimum atomic E-state index is -4.89. The zero-order valence-corrected chi connectivity index (χ0v) is 28.5. The average molecular weight is 698 g/mol. The molecule has 2 fully saturated rings. The lowest BCUT2D eigenvalue weighted by Gasteiger charge is -2.33. The molecule has 0 radical (unpaired) electrons. The fraction of sp³-hybridized carbons (Fsp3) is 0.559. The van der Waals surface area contributed by atoms with Crippen LogP contribution in [-0.4, -0.2) is 87.2 Å². The summed E-state index contributed by atoms with van der Waals surface area (Å²) in [5, 5.41) is 4.64. The van der Waals surface area contributed by atoms with E-state index >= 15 is 0 Å². The van der Waals surface area contributed by atoms with Gasteiger partial charge in [0.25, 0.3) is 5.91 Å². The fourth-order valence-corrected chi connectivity index (χ4v) is 8.11. The maximum atomic E-state index is 14.5. The summed E-state index contributed by atoms with van der Waals surface area (Å²) in [7, 11) is 3.37. The van der Waals surface area contributed by atoms with Crippen LogP contribution in [0.25, 0.3) is 0 Å². The van der Waals surface area contributed by atoms with Gasteiger partial charge in [-0.2, -0.15) is 28.2 Å². The van der Waals surface area contributed by atoms with E-state index in [4.69, 9.17) is 30.9 Å². The Kier molecular flexibility index (Phi) is 8.65. The van der Waals surface area contributed by atoms with Gasteiger partial charge in [0.15, 0.2) is 5.69 Å². The van der Waals surface area contributed by atoms with Crippen molar-refractivity contribution in [1.82, 2.24) is 29.5 Å². The molecule has 16 heteroatoms. The lowest BCUT2D eigenvalue weighted by atomic mass is 9.91. The molecule has 0 saturated carbocycles. The number of nitrogens with zero attached hydrogens (tertiary/aromatic N) is 7. The van der Waals surface area contributed by atoms with Crippen LogP contribution in [0.2, 0.25) is 0 Å². The second-order valence-electron chi connectivity index (χ2n) is 14.0. The van der Waals surface area contributed by atoms with Crippen LogP contribution in [0.3, 0.4) is 0 Å². The van der Waals surface area contributed by atoms with Crippen LogP contribution in [-0.2, 0) is 37.0 Å². The molecule has 0 spiro atoms. The number of rotatable bonds is 7. The minimum absolute atomic E-state index is 0.0378. The number of anilines is 2. The number of hydrogen-bond acceptors (Lipinski definition) is 10. The van der Waals surface area contributed by atoms with Gasteiger partial charge in [-0.25, -0.2) is 0 Å². The van der Waals surface area contributed by atoms with Gasteiger partial charge < -0.3 is 30.7 Å². The summed E-state index contributed by atoms with van der Waals surface area (Å²) < 4.78 is 57.8. The lowest BCUT2D eigenvalue weighted by Crippen LogP contribution is -2.43. The van der Waals surface area contributed by atoms with Gasteiger partial charge in [0.2, 0.25) is 5.91 Å². The third kappa shape index (κ3) is 6.01. The maximum absolute atomic E-state index is 14.5. The highest BCUT2D eigenvalue weighted by Gasteiger charge is 2.45. The van der Waals surface area contributed by atoms with Gasteiger partial charge >= 0.3 is 12.2 Å². The van der Waals surface area contributed by atoms with E-state index in [1.807, 2.05) is 11.6 Å². The highest BCUT2D eigenvalue weighted by Crippen LogP contribution is 2.44. The molecule has 3 aromatic rings. The van der Waals surface area contributed by atoms with Crippen molar-refractivity contribution in [2.75, 3.05) is 51.0 Å². The second kappa shape index (κ2) is 12.7. The molecule has 1 atom stereocenters. The molecule has 0 bridgehead atoms. The molecular formula is C34H42F3N9O4. The fourth-order valence-electron chi connectivity index (χ4n) is 8.11. The highest BCUT2D eigenvalue weighted by molar-refractivity contribution is 5.96. The van der Waals surface area contributed by atoms with Crippen LogP contribution >= 0.6 is 0 Å². The number of nitrogen functional groups attached to an aromatic ring is 1. The van der Waals surface area contributed by atoms with Gasteiger partial charge in [-0.3, -0.25) is 19.2 Å². The normalized spacial score (nSPS) is 20.2. The molecule has 1 unspecified atom stereocenters. The molecule has 2 aromatic heterocycles. The molecule has 2 amide bonds. The Balaban J connectivity index is 1.28. The molecule has 0 aliphatic carbocycles. The molecule has 1 aromatic carbocycles. The maximum Gasteiger partial charge on any atom is 0.417 e. The first kappa shape index (κ1) is 34.0. The topological polar surface area (TPSA) is 158 Å². The van der Waals surface area contributed by atoms with Crippen LogP contribution in [0, 0.1) is 6.92 Å². The number of ether oxygens (including phenoxy) is 2. The predicted octanol–water partition coefficient (Wildman–Crippen LogP) is 3.61. The zero-order valence-electron chi connectivity index (χ0n) is 28.5. The Morgan fingerprint density at radius 3 is 2.52 bits per heavy atom. The lowest BCUT2D eigenvalue weighted by molar-refractivity contribution is -0.140. The van der Waals surface area contributed by atoms with Gasteiger partial charge in [-0.05, 0) is 69.8 Å². The number of carbonyl (C=O) groups is 2. The van der Waals surface area contributed by atoms with E-state index in [9.17, 15) is 22.8 Å². The van der Waals surface area contributed by atoms with Crippen LogP contribution < -0.4 is 21.1 Å². The quantitative estimate of drug-likeness (QED) is 0.350. The number of fused-ring (bicyclic) bond motifs is 3. The molecule has 6 heterocycles. The molecule has 4 aliphatic heterocycles. The van der Waals surface area contributed by atoms with Gasteiger partial charge in [-0.15, -0.1) is 0 Å². The molecule has 13 nitrogen and oxygen atoms in total. The first-order valence-electron chi connectivity index (χ1n) is 17.0. The smallest absolute Gasteiger partial charge is 0.417 e. The minimum Gasteiger partial charge on any atom is -0.461 e. The molecule has 7 rings (SSSR count). The van der Waals surface area contributed by atoms with E-state index in [0.29, 0.717) is 55.4 Å². The van der Waals surface area contributed by atoms with Gasteiger partial charge in [0.1, 0.15) is 12.4 Å². The Morgan fingerprint density at radius 2 is 1.84 bits per heavy atom. The summed E-state index contributed by atoms with van der Waals surface area (Å²) >= 11 is 0. The first-order valence-corrected chi connectivity index (χ1v) is 17.0. The van der Waals surface area contributed by atoms with E-state index < -0.39 is 29.3 Å². The van der Waals surface area contributed by atoms with Crippen LogP contribution in [0.15, 0.2) is 12.1 Å². The Bertz CT molecular complexity index is 1830. The molecular weight excluding hydrogens is 655 g/mol. The number of primary amides is 1. The SMILES string of the molecule is Cc1c(C(=O)N(C)C)nn2c1CN(c1nc(OCC34CCCN3CCC4)nc3c1COC(c1cc(N)cc(C(N)=O)c1C(F)(F)F)C3)CCC2. The summed E-state index contributed by atoms with van der Waals surface area (Å²) in [5.41, 5.74) is 12.2. The number of hydrogen-bond donors (Lipinski definition) is 2. The second-order valence-corrected chi connectivity index (χ2v) is 14.0. The van der Waals surface area contributed by atoms with Crippen molar-refractivity contribution >= 4 is 23.3 Å². The third-order valence-electron chi connectivity index (χ3n) is 10.6. The van der Waals surface area contributed by atoms with E-state index in [-0.39, 0.29) is 41.7 Å². The largest absolute Gasteiger partial charge is 0.461 e. The zero-order chi connectivity index (χ0) is 35.5. The van der Waals surface area contributed by atoms with Crippen molar-refractivity contribution in [2.24, 2.45) is 5.73 Å². The molecule has 4 aliphatic rings. The molecule has 2 saturated heterocycles. The summed E-state index contributed by atoms with van der Waals surface area (Å²) in [4.78, 5) is 40.8.